The summed E-state index contributed by atoms with van der Waals surface area (Å²) >= 11 is 9.74. The molecule has 0 N–H and O–H groups in total. The average molecular weight is 607 g/mol. The lowest BCUT2D eigenvalue weighted by Gasteiger charge is -2.02. The zero-order valence-corrected chi connectivity index (χ0v) is 20.3. The molecule has 4 rings (SSSR count). The molecule has 0 bridgehead atoms. The summed E-state index contributed by atoms with van der Waals surface area (Å²) in [5.41, 5.74) is 1.70. The van der Waals surface area contributed by atoms with Gasteiger partial charge in [-0.1, -0.05) is 41.6 Å². The molecular weight excluding hydrogens is 586 g/mol. The third-order valence-corrected chi connectivity index (χ3v) is 4.94. The molecule has 0 aliphatic rings. The van der Waals surface area contributed by atoms with Gasteiger partial charge >= 0.3 is 0 Å². The van der Waals surface area contributed by atoms with Crippen LogP contribution in [0.25, 0.3) is 11.3 Å². The summed E-state index contributed by atoms with van der Waals surface area (Å²) in [6.07, 6.45) is 5.33. The van der Waals surface area contributed by atoms with Crippen LogP contribution in [0.4, 0.5) is 8.78 Å². The lowest BCUT2D eigenvalue weighted by molar-refractivity contribution is 0.627. The van der Waals surface area contributed by atoms with Crippen LogP contribution in [0, 0.1) is 11.6 Å². The quantitative estimate of drug-likeness (QED) is 0.226. The Bertz CT molecular complexity index is 1010. The van der Waals surface area contributed by atoms with Crippen molar-refractivity contribution in [3.63, 3.8) is 0 Å². The van der Waals surface area contributed by atoms with E-state index >= 15 is 0 Å². The van der Waals surface area contributed by atoms with Crippen LogP contribution >= 0.6 is 47.8 Å². The van der Waals surface area contributed by atoms with Crippen molar-refractivity contribution in [1.29, 1.82) is 0 Å². The smallest absolute Gasteiger partial charge is 0.124 e. The maximum atomic E-state index is 13.0. The van der Waals surface area contributed by atoms with Crippen LogP contribution in [-0.4, -0.2) is 19.6 Å². The van der Waals surface area contributed by atoms with Gasteiger partial charge in [0.2, 0.25) is 0 Å². The molecule has 4 nitrogen and oxygen atoms in total. The number of aromatic nitrogens is 4. The fraction of sp³-hybridized carbons (Fsp3) is 0.143. The maximum Gasteiger partial charge on any atom is 0.124 e. The van der Waals surface area contributed by atoms with Crippen molar-refractivity contribution < 1.29 is 8.78 Å². The molecule has 0 fully saturated rings. The van der Waals surface area contributed by atoms with Gasteiger partial charge in [0, 0.05) is 30.3 Å². The SMILES string of the molecule is C.Cn1cc(Br)cn1.Cn1ncc(Br)c1-c1cccc(F)c1.Fc1cccc(Br)c1. The molecule has 0 amide bonds. The third-order valence-electron chi connectivity index (χ3n) is 3.45. The van der Waals surface area contributed by atoms with Crippen molar-refractivity contribution in [1.82, 2.24) is 19.6 Å². The van der Waals surface area contributed by atoms with Gasteiger partial charge in [-0.2, -0.15) is 10.2 Å². The van der Waals surface area contributed by atoms with Crippen molar-refractivity contribution in [2.75, 3.05) is 0 Å². The van der Waals surface area contributed by atoms with E-state index in [1.54, 1.807) is 40.0 Å². The van der Waals surface area contributed by atoms with E-state index in [9.17, 15) is 8.78 Å². The first-order valence-electron chi connectivity index (χ1n) is 8.25. The molecule has 2 heterocycles. The average Bonchev–Trinajstić information content (AvgIpc) is 3.19. The highest BCUT2D eigenvalue weighted by Crippen LogP contribution is 2.27. The van der Waals surface area contributed by atoms with E-state index in [0.717, 1.165) is 24.7 Å². The highest BCUT2D eigenvalue weighted by Gasteiger charge is 2.08. The number of rotatable bonds is 1. The minimum Gasteiger partial charge on any atom is -0.275 e. The number of benzene rings is 2. The van der Waals surface area contributed by atoms with Crippen molar-refractivity contribution in [3.8, 4) is 11.3 Å². The summed E-state index contributed by atoms with van der Waals surface area (Å²) in [4.78, 5) is 0. The van der Waals surface area contributed by atoms with Crippen LogP contribution in [-0.2, 0) is 14.1 Å². The molecule has 0 unspecified atom stereocenters. The summed E-state index contributed by atoms with van der Waals surface area (Å²) < 4.78 is 31.2. The fourth-order valence-electron chi connectivity index (χ4n) is 2.22. The molecule has 0 spiro atoms. The molecule has 160 valence electrons. The predicted molar refractivity (Wildman–Crippen MR) is 128 cm³/mol. The van der Waals surface area contributed by atoms with Crippen molar-refractivity contribution >= 4 is 47.8 Å². The molecule has 0 aliphatic carbocycles. The summed E-state index contributed by atoms with van der Waals surface area (Å²) in [5.74, 6) is -0.449. The highest BCUT2D eigenvalue weighted by molar-refractivity contribution is 9.11. The zero-order chi connectivity index (χ0) is 21.4. The van der Waals surface area contributed by atoms with Crippen molar-refractivity contribution in [2.24, 2.45) is 14.1 Å². The molecule has 0 saturated carbocycles. The Morgan fingerprint density at radius 1 is 0.800 bits per heavy atom. The van der Waals surface area contributed by atoms with E-state index in [0.29, 0.717) is 0 Å². The van der Waals surface area contributed by atoms with Gasteiger partial charge < -0.3 is 0 Å². The predicted octanol–water partition coefficient (Wildman–Crippen LogP) is 7.40. The molecule has 30 heavy (non-hydrogen) atoms. The largest absolute Gasteiger partial charge is 0.275 e. The standard InChI is InChI=1S/C10H8BrFN2.C6H4BrF.C4H5BrN2.CH4/c1-14-10(9(11)6-13-14)7-3-2-4-8(12)5-7;7-5-2-1-3-6(8)4-5;1-7-3-4(5)2-6-7;/h2-6H,1H3;1-4H;2-3H,1H3;1H4. The molecular formula is C21H21Br3F2N4. The zero-order valence-electron chi connectivity index (χ0n) is 15.5. The molecule has 0 aliphatic heterocycles. The summed E-state index contributed by atoms with van der Waals surface area (Å²) in [7, 11) is 3.70. The number of hydrogen-bond donors (Lipinski definition) is 0. The second-order valence-corrected chi connectivity index (χ2v) is 8.43. The Labute approximate surface area is 200 Å². The molecule has 0 radical (unpaired) electrons. The van der Waals surface area contributed by atoms with E-state index in [4.69, 9.17) is 0 Å². The fourth-order valence-corrected chi connectivity index (χ4v) is 3.56. The lowest BCUT2D eigenvalue weighted by Crippen LogP contribution is -1.93. The number of aryl methyl sites for hydroxylation is 2. The van der Waals surface area contributed by atoms with E-state index in [1.165, 1.54) is 24.3 Å². The van der Waals surface area contributed by atoms with Crippen molar-refractivity contribution in [2.45, 2.75) is 7.43 Å². The van der Waals surface area contributed by atoms with Crippen LogP contribution in [0.1, 0.15) is 7.43 Å². The van der Waals surface area contributed by atoms with E-state index in [2.05, 4.69) is 58.0 Å². The van der Waals surface area contributed by atoms with Crippen LogP contribution in [0.2, 0.25) is 0 Å². The second-order valence-electron chi connectivity index (χ2n) is 5.75. The summed E-state index contributed by atoms with van der Waals surface area (Å²) in [6.45, 7) is 0. The Morgan fingerprint density at radius 3 is 1.80 bits per heavy atom. The molecule has 2 aromatic carbocycles. The molecule has 2 aromatic heterocycles. The number of halogens is 5. The Morgan fingerprint density at radius 2 is 1.43 bits per heavy atom. The molecule has 0 saturated heterocycles. The third kappa shape index (κ3) is 8.49. The van der Waals surface area contributed by atoms with E-state index in [1.807, 2.05) is 26.4 Å². The van der Waals surface area contributed by atoms with Gasteiger partial charge in [-0.15, -0.1) is 0 Å². The second kappa shape index (κ2) is 12.8. The van der Waals surface area contributed by atoms with Gasteiger partial charge in [0.25, 0.3) is 0 Å². The topological polar surface area (TPSA) is 35.6 Å². The molecule has 4 aromatic rings. The first-order chi connectivity index (χ1) is 13.8. The van der Waals surface area contributed by atoms with Gasteiger partial charge in [-0.3, -0.25) is 9.36 Å². The minimum atomic E-state index is -0.240. The minimum absolute atomic E-state index is 0. The van der Waals surface area contributed by atoms with Crippen LogP contribution < -0.4 is 0 Å². The monoisotopic (exact) mass is 604 g/mol. The lowest BCUT2D eigenvalue weighted by atomic mass is 10.1. The van der Waals surface area contributed by atoms with Crippen molar-refractivity contribution in [3.05, 3.63) is 92.2 Å². The number of nitrogens with zero attached hydrogens (tertiary/aromatic N) is 4. The Kier molecular flexibility index (Phi) is 11.1. The molecule has 0 atom stereocenters. The highest BCUT2D eigenvalue weighted by atomic mass is 79.9. The Balaban J connectivity index is 0.000000241. The first kappa shape index (κ1) is 26.2. The van der Waals surface area contributed by atoms with Gasteiger partial charge in [-0.25, -0.2) is 8.78 Å². The van der Waals surface area contributed by atoms with E-state index < -0.39 is 0 Å². The van der Waals surface area contributed by atoms with Crippen LogP contribution in [0.15, 0.2) is 80.5 Å². The molecule has 9 heteroatoms. The van der Waals surface area contributed by atoms with Crippen LogP contribution in [0.5, 0.6) is 0 Å². The summed E-state index contributed by atoms with van der Waals surface area (Å²) in [6, 6.07) is 12.7. The van der Waals surface area contributed by atoms with Gasteiger partial charge in [-0.05, 0) is 62.2 Å². The first-order valence-corrected chi connectivity index (χ1v) is 10.6. The van der Waals surface area contributed by atoms with Gasteiger partial charge in [0.05, 0.1) is 27.0 Å². The van der Waals surface area contributed by atoms with Gasteiger partial charge in [0.15, 0.2) is 0 Å². The Hall–Kier alpha value is -1.84. The van der Waals surface area contributed by atoms with E-state index in [-0.39, 0.29) is 19.1 Å². The van der Waals surface area contributed by atoms with Gasteiger partial charge in [0.1, 0.15) is 11.6 Å². The summed E-state index contributed by atoms with van der Waals surface area (Å²) in [5, 5.41) is 7.96. The van der Waals surface area contributed by atoms with Crippen LogP contribution in [0.3, 0.4) is 0 Å². The normalized spacial score (nSPS) is 9.57. The maximum absolute atomic E-state index is 13.0. The number of hydrogen-bond acceptors (Lipinski definition) is 2.